The lowest BCUT2D eigenvalue weighted by atomic mass is 9.95. The van der Waals surface area contributed by atoms with Crippen LogP contribution >= 0.6 is 0 Å². The van der Waals surface area contributed by atoms with E-state index in [2.05, 4.69) is 29.2 Å². The molecule has 0 aromatic carbocycles. The summed E-state index contributed by atoms with van der Waals surface area (Å²) >= 11 is 0. The van der Waals surface area contributed by atoms with Gasteiger partial charge in [-0.2, -0.15) is 0 Å². The molecule has 1 rings (SSSR count). The van der Waals surface area contributed by atoms with E-state index in [1.165, 1.54) is 6.42 Å². The van der Waals surface area contributed by atoms with Crippen molar-refractivity contribution < 1.29 is 4.74 Å². The van der Waals surface area contributed by atoms with E-state index in [9.17, 15) is 0 Å². The van der Waals surface area contributed by atoms with Crippen molar-refractivity contribution in [3.63, 3.8) is 0 Å². The van der Waals surface area contributed by atoms with Gasteiger partial charge in [0.2, 0.25) is 5.96 Å². The van der Waals surface area contributed by atoms with Gasteiger partial charge in [-0.1, -0.05) is 13.8 Å². The summed E-state index contributed by atoms with van der Waals surface area (Å²) in [6, 6.07) is 0. The topological polar surface area (TPSA) is 62.9 Å². The molecule has 0 aromatic heterocycles. The predicted molar refractivity (Wildman–Crippen MR) is 75.3 cm³/mol. The Morgan fingerprint density at radius 2 is 2.33 bits per heavy atom. The van der Waals surface area contributed by atoms with Gasteiger partial charge in [0.05, 0.1) is 0 Å². The van der Waals surface area contributed by atoms with Crippen molar-refractivity contribution in [2.45, 2.75) is 33.6 Å². The molecule has 0 amide bonds. The molecule has 106 valence electrons. The summed E-state index contributed by atoms with van der Waals surface area (Å²) in [6.45, 7) is 11.0. The average molecular weight is 256 g/mol. The van der Waals surface area contributed by atoms with Gasteiger partial charge in [0.15, 0.2) is 0 Å². The lowest BCUT2D eigenvalue weighted by Gasteiger charge is -2.21. The molecule has 0 aliphatic carbocycles. The number of likely N-dealkylation sites (tertiary alicyclic amines) is 1. The highest BCUT2D eigenvalue weighted by molar-refractivity contribution is 5.79. The second-order valence-electron chi connectivity index (χ2n) is 5.14. The molecule has 1 atom stereocenters. The number of rotatable bonds is 6. The number of nitrogens with zero attached hydrogens (tertiary/aromatic N) is 2. The third-order valence-electron chi connectivity index (χ3n) is 3.51. The molecule has 0 radical (unpaired) electrons. The Morgan fingerprint density at radius 3 is 2.89 bits per heavy atom. The first-order chi connectivity index (χ1) is 8.69. The zero-order valence-electron chi connectivity index (χ0n) is 12.0. The summed E-state index contributed by atoms with van der Waals surface area (Å²) < 4.78 is 5.29. The van der Waals surface area contributed by atoms with Gasteiger partial charge >= 0.3 is 0 Å². The summed E-state index contributed by atoms with van der Waals surface area (Å²) in [6.07, 6.45) is 2.18. The quantitative estimate of drug-likeness (QED) is 0.246. The molecular formula is C13H28N4O. The van der Waals surface area contributed by atoms with E-state index < -0.39 is 0 Å². The zero-order chi connectivity index (χ0) is 13.4. The maximum Gasteiger partial charge on any atom is 0.208 e. The minimum Gasteiger partial charge on any atom is -0.382 e. The summed E-state index contributed by atoms with van der Waals surface area (Å²) in [5, 5.41) is 0. The second-order valence-corrected chi connectivity index (χ2v) is 5.14. The standard InChI is InChI=1S/C13H28N4O/c1-4-18-9-5-7-15-13(16-14)17-8-6-12(10-17)11(2)3/h11-12H,4-10,14H2,1-3H3,(H,15,16). The largest absolute Gasteiger partial charge is 0.382 e. The molecule has 0 bridgehead atoms. The Bertz CT molecular complexity index is 255. The smallest absolute Gasteiger partial charge is 0.208 e. The summed E-state index contributed by atoms with van der Waals surface area (Å²) in [5.41, 5.74) is 2.73. The SMILES string of the molecule is CCOCCCN=C(NN)N1CCC(C(C)C)C1. The van der Waals surface area contributed by atoms with Crippen molar-refractivity contribution in [1.82, 2.24) is 10.3 Å². The fourth-order valence-corrected chi connectivity index (χ4v) is 2.26. The molecular weight excluding hydrogens is 228 g/mol. The molecule has 5 nitrogen and oxygen atoms in total. The highest BCUT2D eigenvalue weighted by Crippen LogP contribution is 2.23. The number of nitrogens with one attached hydrogen (secondary N) is 1. The van der Waals surface area contributed by atoms with Crippen molar-refractivity contribution in [2.24, 2.45) is 22.7 Å². The van der Waals surface area contributed by atoms with E-state index in [0.29, 0.717) is 0 Å². The van der Waals surface area contributed by atoms with Gasteiger partial charge in [-0.05, 0) is 31.6 Å². The Kier molecular flexibility index (Phi) is 7.05. The van der Waals surface area contributed by atoms with Crippen LogP contribution in [0.25, 0.3) is 0 Å². The van der Waals surface area contributed by atoms with Crippen LogP contribution in [0.1, 0.15) is 33.6 Å². The lowest BCUT2D eigenvalue weighted by molar-refractivity contribution is 0.146. The third-order valence-corrected chi connectivity index (χ3v) is 3.51. The number of guanidine groups is 1. The first-order valence-electron chi connectivity index (χ1n) is 7.02. The van der Waals surface area contributed by atoms with Crippen LogP contribution in [0.4, 0.5) is 0 Å². The van der Waals surface area contributed by atoms with E-state index in [0.717, 1.165) is 57.1 Å². The predicted octanol–water partition coefficient (Wildman–Crippen LogP) is 1.21. The Labute approximate surface area is 111 Å². The molecule has 1 fully saturated rings. The molecule has 1 saturated heterocycles. The fraction of sp³-hybridized carbons (Fsp3) is 0.923. The zero-order valence-corrected chi connectivity index (χ0v) is 12.0. The van der Waals surface area contributed by atoms with Crippen LogP contribution in [-0.4, -0.2) is 43.7 Å². The Hall–Kier alpha value is -0.810. The van der Waals surface area contributed by atoms with E-state index in [-0.39, 0.29) is 0 Å². The van der Waals surface area contributed by atoms with E-state index in [1.54, 1.807) is 0 Å². The molecule has 1 aliphatic rings. The van der Waals surface area contributed by atoms with Crippen molar-refractivity contribution >= 4 is 5.96 Å². The van der Waals surface area contributed by atoms with Crippen LogP contribution in [0, 0.1) is 11.8 Å². The minimum atomic E-state index is 0.729. The number of aliphatic imine (C=N–C) groups is 1. The lowest BCUT2D eigenvalue weighted by Crippen LogP contribution is -2.44. The van der Waals surface area contributed by atoms with E-state index in [1.807, 2.05) is 6.92 Å². The molecule has 1 unspecified atom stereocenters. The minimum absolute atomic E-state index is 0.729. The molecule has 0 spiro atoms. The van der Waals surface area contributed by atoms with Crippen molar-refractivity contribution in [1.29, 1.82) is 0 Å². The molecule has 1 aliphatic heterocycles. The van der Waals surface area contributed by atoms with Crippen LogP contribution in [-0.2, 0) is 4.74 Å². The van der Waals surface area contributed by atoms with Gasteiger partial charge in [0.25, 0.3) is 0 Å². The molecule has 18 heavy (non-hydrogen) atoms. The van der Waals surface area contributed by atoms with Crippen molar-refractivity contribution in [3.05, 3.63) is 0 Å². The van der Waals surface area contributed by atoms with E-state index >= 15 is 0 Å². The number of hydrogen-bond acceptors (Lipinski definition) is 3. The molecule has 0 aromatic rings. The number of ether oxygens (including phenoxy) is 1. The van der Waals surface area contributed by atoms with Crippen LogP contribution in [0.2, 0.25) is 0 Å². The maximum absolute atomic E-state index is 5.56. The summed E-state index contributed by atoms with van der Waals surface area (Å²) in [5.74, 6) is 7.87. The molecule has 5 heteroatoms. The molecule has 0 saturated carbocycles. The van der Waals surface area contributed by atoms with Gasteiger partial charge in [-0.25, -0.2) is 5.84 Å². The van der Waals surface area contributed by atoms with Gasteiger partial charge in [-0.3, -0.25) is 10.4 Å². The van der Waals surface area contributed by atoms with Gasteiger partial charge < -0.3 is 9.64 Å². The average Bonchev–Trinajstić information content (AvgIpc) is 2.83. The normalized spacial score (nSPS) is 20.8. The highest BCUT2D eigenvalue weighted by Gasteiger charge is 2.26. The summed E-state index contributed by atoms with van der Waals surface area (Å²) in [4.78, 5) is 6.77. The number of hydrogen-bond donors (Lipinski definition) is 2. The second kappa shape index (κ2) is 8.32. The van der Waals surface area contributed by atoms with Crippen LogP contribution in [0.5, 0.6) is 0 Å². The molecule has 3 N–H and O–H groups in total. The first-order valence-corrected chi connectivity index (χ1v) is 7.02. The highest BCUT2D eigenvalue weighted by atomic mass is 16.5. The maximum atomic E-state index is 5.56. The Balaban J connectivity index is 2.34. The fourth-order valence-electron chi connectivity index (χ4n) is 2.26. The van der Waals surface area contributed by atoms with Gasteiger partial charge in [-0.15, -0.1) is 0 Å². The monoisotopic (exact) mass is 256 g/mol. The van der Waals surface area contributed by atoms with Crippen LogP contribution in [0.15, 0.2) is 4.99 Å². The third kappa shape index (κ3) is 4.82. The molecule has 1 heterocycles. The van der Waals surface area contributed by atoms with Crippen molar-refractivity contribution in [2.75, 3.05) is 32.8 Å². The van der Waals surface area contributed by atoms with Gasteiger partial charge in [0.1, 0.15) is 0 Å². The van der Waals surface area contributed by atoms with Crippen LogP contribution in [0.3, 0.4) is 0 Å². The van der Waals surface area contributed by atoms with Crippen LogP contribution < -0.4 is 11.3 Å². The van der Waals surface area contributed by atoms with Gasteiger partial charge in [0, 0.05) is 32.8 Å². The number of hydrazine groups is 1. The number of nitrogens with two attached hydrogens (primary N) is 1. The van der Waals surface area contributed by atoms with E-state index in [4.69, 9.17) is 10.6 Å². The Morgan fingerprint density at radius 1 is 1.56 bits per heavy atom. The van der Waals surface area contributed by atoms with Crippen molar-refractivity contribution in [3.8, 4) is 0 Å². The summed E-state index contributed by atoms with van der Waals surface area (Å²) in [7, 11) is 0. The first kappa shape index (κ1) is 15.2.